The van der Waals surface area contributed by atoms with Crippen LogP contribution < -0.4 is 0 Å². The van der Waals surface area contributed by atoms with Gasteiger partial charge in [-0.05, 0) is 25.2 Å². The minimum Gasteiger partial charge on any atom is -0.336 e. The number of thioether (sulfide) groups is 1. The van der Waals surface area contributed by atoms with Crippen molar-refractivity contribution >= 4 is 17.7 Å². The third kappa shape index (κ3) is 2.07. The standard InChI is InChI=1S/C12H16N2OS/c1-9(15)14-8-4-6-11(14)10-5-3-7-13-12(10)16-2/h3,5,7,11H,4,6,8H2,1-2H3/t11-/m0/s1. The summed E-state index contributed by atoms with van der Waals surface area (Å²) in [5.41, 5.74) is 1.20. The summed E-state index contributed by atoms with van der Waals surface area (Å²) in [6, 6.07) is 4.27. The number of pyridine rings is 1. The first-order valence-electron chi connectivity index (χ1n) is 5.50. The first-order valence-corrected chi connectivity index (χ1v) is 6.72. The van der Waals surface area contributed by atoms with E-state index < -0.39 is 0 Å². The monoisotopic (exact) mass is 236 g/mol. The van der Waals surface area contributed by atoms with Gasteiger partial charge in [0.2, 0.25) is 5.91 Å². The molecule has 0 aromatic carbocycles. The Morgan fingerprint density at radius 1 is 1.62 bits per heavy atom. The SMILES string of the molecule is CSc1ncccc1[C@@H]1CCCN1C(C)=O. The Bertz CT molecular complexity index is 394. The van der Waals surface area contributed by atoms with E-state index in [1.54, 1.807) is 18.7 Å². The Morgan fingerprint density at radius 3 is 3.12 bits per heavy atom. The number of hydrogen-bond donors (Lipinski definition) is 0. The maximum absolute atomic E-state index is 11.5. The fourth-order valence-corrected chi connectivity index (χ4v) is 2.90. The van der Waals surface area contributed by atoms with E-state index in [0.29, 0.717) is 0 Å². The molecule has 1 aliphatic heterocycles. The largest absolute Gasteiger partial charge is 0.336 e. The quantitative estimate of drug-likeness (QED) is 0.740. The van der Waals surface area contributed by atoms with Crippen molar-refractivity contribution < 1.29 is 4.79 Å². The molecule has 3 nitrogen and oxygen atoms in total. The van der Waals surface area contributed by atoms with Crippen LogP contribution in [0.15, 0.2) is 23.4 Å². The number of carbonyl (C=O) groups is 1. The van der Waals surface area contributed by atoms with E-state index in [1.165, 1.54) is 5.56 Å². The van der Waals surface area contributed by atoms with Gasteiger partial charge in [-0.25, -0.2) is 4.98 Å². The number of aromatic nitrogens is 1. The Labute approximate surface area is 100 Å². The first kappa shape index (κ1) is 11.5. The van der Waals surface area contributed by atoms with E-state index >= 15 is 0 Å². The molecule has 0 bridgehead atoms. The van der Waals surface area contributed by atoms with Crippen LogP contribution in [0.5, 0.6) is 0 Å². The van der Waals surface area contributed by atoms with E-state index in [1.807, 2.05) is 23.4 Å². The van der Waals surface area contributed by atoms with Crippen molar-refractivity contribution in [2.24, 2.45) is 0 Å². The second kappa shape index (κ2) is 4.87. The van der Waals surface area contributed by atoms with Crippen LogP contribution in [0.4, 0.5) is 0 Å². The van der Waals surface area contributed by atoms with Gasteiger partial charge in [0.05, 0.1) is 6.04 Å². The summed E-state index contributed by atoms with van der Waals surface area (Å²) in [6.07, 6.45) is 5.98. The van der Waals surface area contributed by atoms with Crippen molar-refractivity contribution in [3.8, 4) is 0 Å². The highest BCUT2D eigenvalue weighted by Gasteiger charge is 2.29. The molecule has 1 aromatic heterocycles. The van der Waals surface area contributed by atoms with Crippen molar-refractivity contribution in [1.29, 1.82) is 0 Å². The van der Waals surface area contributed by atoms with Gasteiger partial charge in [0, 0.05) is 25.2 Å². The van der Waals surface area contributed by atoms with Crippen LogP contribution >= 0.6 is 11.8 Å². The third-order valence-corrected chi connectivity index (χ3v) is 3.74. The minimum absolute atomic E-state index is 0.165. The summed E-state index contributed by atoms with van der Waals surface area (Å²) in [4.78, 5) is 17.8. The fraction of sp³-hybridized carbons (Fsp3) is 0.500. The van der Waals surface area contributed by atoms with Gasteiger partial charge >= 0.3 is 0 Å². The molecule has 86 valence electrons. The van der Waals surface area contributed by atoms with E-state index in [4.69, 9.17) is 0 Å². The topological polar surface area (TPSA) is 33.2 Å². The molecule has 1 fully saturated rings. The summed E-state index contributed by atoms with van der Waals surface area (Å²) in [7, 11) is 0. The van der Waals surface area contributed by atoms with Gasteiger partial charge in [-0.15, -0.1) is 11.8 Å². The molecule has 1 aromatic rings. The Balaban J connectivity index is 2.32. The lowest BCUT2D eigenvalue weighted by atomic mass is 10.1. The van der Waals surface area contributed by atoms with Crippen LogP contribution in [-0.2, 0) is 4.79 Å². The molecule has 16 heavy (non-hydrogen) atoms. The second-order valence-electron chi connectivity index (χ2n) is 3.97. The molecule has 0 N–H and O–H groups in total. The highest BCUT2D eigenvalue weighted by Crippen LogP contribution is 2.35. The van der Waals surface area contributed by atoms with E-state index in [0.717, 1.165) is 24.4 Å². The smallest absolute Gasteiger partial charge is 0.219 e. The lowest BCUT2D eigenvalue weighted by molar-refractivity contribution is -0.129. The summed E-state index contributed by atoms with van der Waals surface area (Å²) in [5, 5.41) is 1.04. The van der Waals surface area contributed by atoms with Gasteiger partial charge in [0.15, 0.2) is 0 Å². The van der Waals surface area contributed by atoms with Crippen LogP contribution in [0.1, 0.15) is 31.4 Å². The molecule has 1 atom stereocenters. The summed E-state index contributed by atoms with van der Waals surface area (Å²) < 4.78 is 0. The second-order valence-corrected chi connectivity index (χ2v) is 4.77. The lowest BCUT2D eigenvalue weighted by Gasteiger charge is -2.24. The molecule has 0 aliphatic carbocycles. The van der Waals surface area contributed by atoms with Gasteiger partial charge in [-0.1, -0.05) is 6.07 Å². The molecule has 2 rings (SSSR count). The number of rotatable bonds is 2. The van der Waals surface area contributed by atoms with Gasteiger partial charge in [-0.3, -0.25) is 4.79 Å². The molecule has 1 saturated heterocycles. The Hall–Kier alpha value is -1.03. The molecular formula is C12H16N2OS. The van der Waals surface area contributed by atoms with Crippen molar-refractivity contribution in [3.63, 3.8) is 0 Å². The van der Waals surface area contributed by atoms with E-state index in [9.17, 15) is 4.79 Å². The van der Waals surface area contributed by atoms with Crippen LogP contribution in [0.2, 0.25) is 0 Å². The molecule has 0 unspecified atom stereocenters. The van der Waals surface area contributed by atoms with Crippen molar-refractivity contribution in [2.75, 3.05) is 12.8 Å². The summed E-state index contributed by atoms with van der Waals surface area (Å²) in [6.45, 7) is 2.52. The van der Waals surface area contributed by atoms with Gasteiger partial charge in [0.1, 0.15) is 5.03 Å². The Morgan fingerprint density at radius 2 is 2.44 bits per heavy atom. The summed E-state index contributed by atoms with van der Waals surface area (Å²) >= 11 is 1.65. The van der Waals surface area contributed by atoms with E-state index in [2.05, 4.69) is 11.1 Å². The first-order chi connectivity index (χ1) is 7.74. The Kier molecular flexibility index (Phi) is 3.49. The molecule has 1 aliphatic rings. The summed E-state index contributed by atoms with van der Waals surface area (Å²) in [5.74, 6) is 0.165. The normalized spacial score (nSPS) is 20.1. The van der Waals surface area contributed by atoms with Gasteiger partial charge in [0.25, 0.3) is 0 Å². The van der Waals surface area contributed by atoms with Crippen molar-refractivity contribution in [2.45, 2.75) is 30.8 Å². The molecular weight excluding hydrogens is 220 g/mol. The van der Waals surface area contributed by atoms with Crippen molar-refractivity contribution in [3.05, 3.63) is 23.9 Å². The molecule has 1 amide bonds. The van der Waals surface area contributed by atoms with Crippen LogP contribution in [0.25, 0.3) is 0 Å². The maximum Gasteiger partial charge on any atom is 0.219 e. The number of carbonyl (C=O) groups excluding carboxylic acids is 1. The predicted molar refractivity (Wildman–Crippen MR) is 65.4 cm³/mol. The van der Waals surface area contributed by atoms with Crippen LogP contribution in [0, 0.1) is 0 Å². The molecule has 0 saturated carbocycles. The zero-order chi connectivity index (χ0) is 11.5. The van der Waals surface area contributed by atoms with Crippen LogP contribution in [-0.4, -0.2) is 28.6 Å². The lowest BCUT2D eigenvalue weighted by Crippen LogP contribution is -2.28. The zero-order valence-corrected chi connectivity index (χ0v) is 10.5. The minimum atomic E-state index is 0.165. The maximum atomic E-state index is 11.5. The molecule has 0 spiro atoms. The van der Waals surface area contributed by atoms with E-state index in [-0.39, 0.29) is 11.9 Å². The number of amides is 1. The molecule has 4 heteroatoms. The highest BCUT2D eigenvalue weighted by molar-refractivity contribution is 7.98. The van der Waals surface area contributed by atoms with Gasteiger partial charge < -0.3 is 4.90 Å². The van der Waals surface area contributed by atoms with Crippen LogP contribution in [0.3, 0.4) is 0 Å². The van der Waals surface area contributed by atoms with Gasteiger partial charge in [-0.2, -0.15) is 0 Å². The average molecular weight is 236 g/mol. The average Bonchev–Trinajstić information content (AvgIpc) is 2.77. The predicted octanol–water partition coefficient (Wildman–Crippen LogP) is 2.49. The molecule has 0 radical (unpaired) electrons. The zero-order valence-electron chi connectivity index (χ0n) is 9.64. The highest BCUT2D eigenvalue weighted by atomic mass is 32.2. The number of nitrogens with zero attached hydrogens (tertiary/aromatic N) is 2. The number of hydrogen-bond acceptors (Lipinski definition) is 3. The number of likely N-dealkylation sites (tertiary alicyclic amines) is 1. The molecule has 2 heterocycles. The third-order valence-electron chi connectivity index (χ3n) is 3.01. The van der Waals surface area contributed by atoms with Crippen molar-refractivity contribution in [1.82, 2.24) is 9.88 Å². The fourth-order valence-electron chi connectivity index (χ4n) is 2.29.